The molecule has 0 unspecified atom stereocenters. The van der Waals surface area contributed by atoms with Crippen LogP contribution in [-0.2, 0) is 6.61 Å². The van der Waals surface area contributed by atoms with Crippen LogP contribution in [0, 0.1) is 6.92 Å². The van der Waals surface area contributed by atoms with Crippen molar-refractivity contribution < 1.29 is 9.53 Å². The molecule has 1 amide bonds. The molecule has 2 heterocycles. The molecule has 0 aliphatic heterocycles. The SMILES string of the molecule is Cc1csc(NC(=O)c2cccc(COc3ccccc3)n2)n1. The van der Waals surface area contributed by atoms with E-state index in [2.05, 4.69) is 15.3 Å². The third-order valence-corrected chi connectivity index (χ3v) is 3.88. The summed E-state index contributed by atoms with van der Waals surface area (Å²) in [4.78, 5) is 20.7. The fourth-order valence-electron chi connectivity index (χ4n) is 1.93. The zero-order valence-electron chi connectivity index (χ0n) is 12.5. The molecule has 116 valence electrons. The Morgan fingerprint density at radius 1 is 1.13 bits per heavy atom. The van der Waals surface area contributed by atoms with Crippen molar-refractivity contribution in [2.75, 3.05) is 5.32 Å². The number of aryl methyl sites for hydroxylation is 1. The Labute approximate surface area is 138 Å². The molecule has 23 heavy (non-hydrogen) atoms. The first-order valence-electron chi connectivity index (χ1n) is 7.08. The van der Waals surface area contributed by atoms with Crippen molar-refractivity contribution in [3.63, 3.8) is 0 Å². The van der Waals surface area contributed by atoms with Gasteiger partial charge in [-0.3, -0.25) is 10.1 Å². The third-order valence-electron chi connectivity index (χ3n) is 3.01. The first-order chi connectivity index (χ1) is 11.2. The van der Waals surface area contributed by atoms with E-state index in [1.807, 2.05) is 48.7 Å². The van der Waals surface area contributed by atoms with Gasteiger partial charge in [-0.15, -0.1) is 11.3 Å². The van der Waals surface area contributed by atoms with Crippen molar-refractivity contribution in [2.24, 2.45) is 0 Å². The third kappa shape index (κ3) is 4.14. The largest absolute Gasteiger partial charge is 0.487 e. The lowest BCUT2D eigenvalue weighted by molar-refractivity contribution is 0.102. The van der Waals surface area contributed by atoms with Gasteiger partial charge in [0.25, 0.3) is 5.91 Å². The van der Waals surface area contributed by atoms with Crippen molar-refractivity contribution in [3.05, 3.63) is 71.0 Å². The van der Waals surface area contributed by atoms with Gasteiger partial charge in [-0.2, -0.15) is 0 Å². The van der Waals surface area contributed by atoms with Gasteiger partial charge in [0.2, 0.25) is 0 Å². The Morgan fingerprint density at radius 3 is 2.70 bits per heavy atom. The Kier molecular flexibility index (Phi) is 4.63. The quantitative estimate of drug-likeness (QED) is 0.777. The molecule has 0 atom stereocenters. The summed E-state index contributed by atoms with van der Waals surface area (Å²) in [5.74, 6) is 0.489. The number of rotatable bonds is 5. The van der Waals surface area contributed by atoms with Crippen LogP contribution >= 0.6 is 11.3 Å². The van der Waals surface area contributed by atoms with Crippen LogP contribution in [-0.4, -0.2) is 15.9 Å². The zero-order valence-corrected chi connectivity index (χ0v) is 13.3. The monoisotopic (exact) mass is 325 g/mol. The number of hydrogen-bond acceptors (Lipinski definition) is 5. The van der Waals surface area contributed by atoms with Crippen molar-refractivity contribution in [2.45, 2.75) is 13.5 Å². The highest BCUT2D eigenvalue weighted by atomic mass is 32.1. The van der Waals surface area contributed by atoms with Gasteiger partial charge in [-0.05, 0) is 31.2 Å². The number of carbonyl (C=O) groups is 1. The Morgan fingerprint density at radius 2 is 1.96 bits per heavy atom. The minimum Gasteiger partial charge on any atom is -0.487 e. The second-order valence-electron chi connectivity index (χ2n) is 4.86. The summed E-state index contributed by atoms with van der Waals surface area (Å²) < 4.78 is 5.64. The van der Waals surface area contributed by atoms with E-state index in [1.54, 1.807) is 12.1 Å². The van der Waals surface area contributed by atoms with E-state index in [-0.39, 0.29) is 5.91 Å². The number of thiazole rings is 1. The highest BCUT2D eigenvalue weighted by molar-refractivity contribution is 7.13. The van der Waals surface area contributed by atoms with E-state index in [9.17, 15) is 4.79 Å². The number of ether oxygens (including phenoxy) is 1. The van der Waals surface area contributed by atoms with E-state index in [0.29, 0.717) is 23.1 Å². The fourth-order valence-corrected chi connectivity index (χ4v) is 2.62. The maximum absolute atomic E-state index is 12.2. The van der Waals surface area contributed by atoms with Gasteiger partial charge in [0.15, 0.2) is 5.13 Å². The molecule has 0 fully saturated rings. The van der Waals surface area contributed by atoms with Crippen LogP contribution in [0.15, 0.2) is 53.9 Å². The summed E-state index contributed by atoms with van der Waals surface area (Å²) in [6.07, 6.45) is 0. The maximum Gasteiger partial charge on any atom is 0.276 e. The molecular formula is C17H15N3O2S. The van der Waals surface area contributed by atoms with Crippen LogP contribution in [0.1, 0.15) is 21.9 Å². The summed E-state index contributed by atoms with van der Waals surface area (Å²) in [7, 11) is 0. The lowest BCUT2D eigenvalue weighted by Gasteiger charge is -2.07. The Balaban J connectivity index is 1.65. The van der Waals surface area contributed by atoms with Gasteiger partial charge in [0.05, 0.1) is 11.4 Å². The van der Waals surface area contributed by atoms with Gasteiger partial charge in [0, 0.05) is 5.38 Å². The molecule has 2 aromatic heterocycles. The standard InChI is InChI=1S/C17H15N3O2S/c1-12-11-23-17(18-12)20-16(21)15-9-5-6-13(19-15)10-22-14-7-3-2-4-8-14/h2-9,11H,10H2,1H3,(H,18,20,21). The molecule has 5 nitrogen and oxygen atoms in total. The fraction of sp³-hybridized carbons (Fsp3) is 0.118. The highest BCUT2D eigenvalue weighted by Crippen LogP contribution is 2.15. The molecule has 0 saturated carbocycles. The van der Waals surface area contributed by atoms with Crippen molar-refractivity contribution in [1.29, 1.82) is 0 Å². The number of pyridine rings is 1. The number of hydrogen-bond donors (Lipinski definition) is 1. The molecule has 0 spiro atoms. The Bertz CT molecular complexity index is 802. The molecule has 6 heteroatoms. The predicted molar refractivity (Wildman–Crippen MR) is 89.8 cm³/mol. The van der Waals surface area contributed by atoms with Crippen molar-refractivity contribution in [1.82, 2.24) is 9.97 Å². The summed E-state index contributed by atoms with van der Waals surface area (Å²) in [6, 6.07) is 14.8. The van der Waals surface area contributed by atoms with E-state index in [4.69, 9.17) is 4.74 Å². The molecule has 0 radical (unpaired) electrons. The minimum atomic E-state index is -0.277. The number of amides is 1. The first kappa shape index (κ1) is 15.2. The second kappa shape index (κ2) is 7.02. The normalized spacial score (nSPS) is 10.3. The van der Waals surface area contributed by atoms with E-state index >= 15 is 0 Å². The minimum absolute atomic E-state index is 0.277. The average molecular weight is 325 g/mol. The number of para-hydroxylation sites is 1. The number of benzene rings is 1. The van der Waals surface area contributed by atoms with Crippen LogP contribution in [0.25, 0.3) is 0 Å². The van der Waals surface area contributed by atoms with Crippen LogP contribution in [0.2, 0.25) is 0 Å². The summed E-state index contributed by atoms with van der Waals surface area (Å²) in [6.45, 7) is 2.19. The highest BCUT2D eigenvalue weighted by Gasteiger charge is 2.10. The number of anilines is 1. The van der Waals surface area contributed by atoms with Crippen molar-refractivity contribution >= 4 is 22.4 Å². The molecular weight excluding hydrogens is 310 g/mol. The lowest BCUT2D eigenvalue weighted by Crippen LogP contribution is -2.14. The molecule has 0 bridgehead atoms. The molecule has 1 N–H and O–H groups in total. The van der Waals surface area contributed by atoms with Gasteiger partial charge < -0.3 is 4.74 Å². The number of aromatic nitrogens is 2. The van der Waals surface area contributed by atoms with Crippen LogP contribution in [0.4, 0.5) is 5.13 Å². The van der Waals surface area contributed by atoms with Crippen LogP contribution in [0.5, 0.6) is 5.75 Å². The average Bonchev–Trinajstić information content (AvgIpc) is 2.99. The van der Waals surface area contributed by atoms with E-state index in [1.165, 1.54) is 11.3 Å². The zero-order chi connectivity index (χ0) is 16.1. The molecule has 3 aromatic rings. The van der Waals surface area contributed by atoms with Gasteiger partial charge >= 0.3 is 0 Å². The summed E-state index contributed by atoms with van der Waals surface area (Å²) >= 11 is 1.39. The smallest absolute Gasteiger partial charge is 0.276 e. The van der Waals surface area contributed by atoms with Gasteiger partial charge in [-0.1, -0.05) is 24.3 Å². The number of nitrogens with zero attached hydrogens (tertiary/aromatic N) is 2. The van der Waals surface area contributed by atoms with Crippen LogP contribution in [0.3, 0.4) is 0 Å². The summed E-state index contributed by atoms with van der Waals surface area (Å²) in [5, 5.41) is 5.20. The van der Waals surface area contributed by atoms with Gasteiger partial charge in [-0.25, -0.2) is 9.97 Å². The number of nitrogens with one attached hydrogen (secondary N) is 1. The number of carbonyl (C=O) groups excluding carboxylic acids is 1. The Hall–Kier alpha value is -2.73. The van der Waals surface area contributed by atoms with E-state index in [0.717, 1.165) is 11.4 Å². The molecule has 0 aliphatic rings. The lowest BCUT2D eigenvalue weighted by atomic mass is 10.3. The molecule has 1 aromatic carbocycles. The predicted octanol–water partition coefficient (Wildman–Crippen LogP) is 3.68. The molecule has 0 saturated heterocycles. The second-order valence-corrected chi connectivity index (χ2v) is 5.72. The first-order valence-corrected chi connectivity index (χ1v) is 7.96. The molecule has 3 rings (SSSR count). The summed E-state index contributed by atoms with van der Waals surface area (Å²) in [5.41, 5.74) is 1.91. The van der Waals surface area contributed by atoms with E-state index < -0.39 is 0 Å². The van der Waals surface area contributed by atoms with Crippen LogP contribution < -0.4 is 10.1 Å². The molecule has 0 aliphatic carbocycles. The maximum atomic E-state index is 12.2. The topological polar surface area (TPSA) is 64.1 Å². The van der Waals surface area contributed by atoms with Gasteiger partial charge in [0.1, 0.15) is 18.1 Å². The van der Waals surface area contributed by atoms with Crippen molar-refractivity contribution in [3.8, 4) is 5.75 Å².